The lowest BCUT2D eigenvalue weighted by Gasteiger charge is -2.33. The first-order chi connectivity index (χ1) is 11.8. The average molecular weight is 397 g/mol. The van der Waals surface area contributed by atoms with Gasteiger partial charge in [0.1, 0.15) is 6.04 Å². The molecule has 1 rings (SSSR count). The maximum Gasteiger partial charge on any atom is 0.436 e. The third kappa shape index (κ3) is 5.36. The monoisotopic (exact) mass is 396 g/mol. The first-order valence-corrected chi connectivity index (χ1v) is 9.03. The number of halogens is 4. The average Bonchev–Trinajstić information content (AvgIpc) is 2.79. The van der Waals surface area contributed by atoms with Crippen LogP contribution in [0.3, 0.4) is 0 Å². The smallest absolute Gasteiger partial charge is 0.351 e. The van der Waals surface area contributed by atoms with E-state index in [-0.39, 0.29) is 11.7 Å². The molecule has 9 heteroatoms. The van der Waals surface area contributed by atoms with Crippen molar-refractivity contribution in [1.29, 1.82) is 0 Å². The van der Waals surface area contributed by atoms with E-state index in [4.69, 9.17) is 11.6 Å². The molecule has 0 aliphatic rings. The minimum atomic E-state index is -4.66. The second-order valence-electron chi connectivity index (χ2n) is 7.16. The molecule has 5 nitrogen and oxygen atoms in total. The summed E-state index contributed by atoms with van der Waals surface area (Å²) in [6, 6.07) is -0.442. The fourth-order valence-electron chi connectivity index (χ4n) is 2.91. The van der Waals surface area contributed by atoms with Gasteiger partial charge in [-0.15, -0.1) is 0 Å². The van der Waals surface area contributed by atoms with Crippen molar-refractivity contribution >= 4 is 17.5 Å². The molecule has 1 aromatic rings. The highest BCUT2D eigenvalue weighted by Gasteiger charge is 2.39. The fourth-order valence-corrected chi connectivity index (χ4v) is 3.14. The summed E-state index contributed by atoms with van der Waals surface area (Å²) in [5.41, 5.74) is -1.06. The summed E-state index contributed by atoms with van der Waals surface area (Å²) < 4.78 is 39.9. The molecule has 1 aromatic heterocycles. The molecule has 26 heavy (non-hydrogen) atoms. The topological polar surface area (TPSA) is 50.2 Å². The van der Waals surface area contributed by atoms with Crippen LogP contribution in [0.1, 0.15) is 59.0 Å². The third-order valence-corrected chi connectivity index (χ3v) is 4.74. The van der Waals surface area contributed by atoms with Crippen LogP contribution in [0.2, 0.25) is 5.02 Å². The molecule has 150 valence electrons. The van der Waals surface area contributed by atoms with Gasteiger partial charge in [0.25, 0.3) is 0 Å². The number of hydrogen-bond donors (Lipinski definition) is 1. The molecule has 0 aromatic carbocycles. The lowest BCUT2D eigenvalue weighted by molar-refractivity contribution is -0.141. The highest BCUT2D eigenvalue weighted by atomic mass is 35.5. The van der Waals surface area contributed by atoms with Gasteiger partial charge in [-0.1, -0.05) is 11.6 Å². The number of carbonyl (C=O) groups is 1. The zero-order chi connectivity index (χ0) is 20.4. The van der Waals surface area contributed by atoms with Crippen LogP contribution < -0.4 is 5.32 Å². The zero-order valence-corrected chi connectivity index (χ0v) is 17.0. The number of rotatable bonds is 7. The normalized spacial score (nSPS) is 15.0. The van der Waals surface area contributed by atoms with Crippen LogP contribution in [0.25, 0.3) is 0 Å². The molecule has 1 amide bonds. The summed E-state index contributed by atoms with van der Waals surface area (Å²) in [5, 5.41) is 5.89. The molecule has 0 saturated heterocycles. The van der Waals surface area contributed by atoms with E-state index in [0.717, 1.165) is 4.68 Å². The molecule has 0 aliphatic heterocycles. The summed E-state index contributed by atoms with van der Waals surface area (Å²) in [5.74, 6) is -0.402. The van der Waals surface area contributed by atoms with Crippen molar-refractivity contribution in [1.82, 2.24) is 20.0 Å². The van der Waals surface area contributed by atoms with Crippen LogP contribution in [-0.4, -0.2) is 45.3 Å². The van der Waals surface area contributed by atoms with Crippen LogP contribution >= 0.6 is 11.6 Å². The van der Waals surface area contributed by atoms with Gasteiger partial charge in [0, 0.05) is 24.7 Å². The number of amides is 1. The van der Waals surface area contributed by atoms with Crippen molar-refractivity contribution in [2.75, 3.05) is 6.54 Å². The van der Waals surface area contributed by atoms with Crippen molar-refractivity contribution in [2.45, 2.75) is 78.8 Å². The van der Waals surface area contributed by atoms with Gasteiger partial charge in [0.2, 0.25) is 5.91 Å². The molecule has 0 radical (unpaired) electrons. The molecule has 0 unspecified atom stereocenters. The summed E-state index contributed by atoms with van der Waals surface area (Å²) in [7, 11) is 0. The first kappa shape index (κ1) is 22.8. The Hall–Kier alpha value is -1.28. The van der Waals surface area contributed by atoms with Gasteiger partial charge in [0.05, 0.1) is 10.7 Å². The number of hydrogen-bond acceptors (Lipinski definition) is 3. The first-order valence-electron chi connectivity index (χ1n) is 8.65. The molecular formula is C17H28ClF3N4O. The van der Waals surface area contributed by atoms with Crippen molar-refractivity contribution in [2.24, 2.45) is 0 Å². The van der Waals surface area contributed by atoms with Crippen LogP contribution in [0.5, 0.6) is 0 Å². The van der Waals surface area contributed by atoms with Gasteiger partial charge in [-0.2, -0.15) is 18.3 Å². The minimum absolute atomic E-state index is 0.111. The SMILES string of the molecule is Cc1c(Cl)c(C(F)(F)F)nn1[C@@H](C)C(=O)N[C@H](C)CN(C(C)C)C(C)C. The Bertz CT molecular complexity index is 620. The molecular weight excluding hydrogens is 369 g/mol. The molecule has 2 atom stereocenters. The molecule has 0 saturated carbocycles. The van der Waals surface area contributed by atoms with E-state index in [1.807, 2.05) is 6.92 Å². The van der Waals surface area contributed by atoms with E-state index in [1.54, 1.807) is 0 Å². The molecule has 0 aliphatic carbocycles. The number of alkyl halides is 3. The van der Waals surface area contributed by atoms with Crippen molar-refractivity contribution in [3.8, 4) is 0 Å². The van der Waals surface area contributed by atoms with Crippen molar-refractivity contribution in [3.05, 3.63) is 16.4 Å². The third-order valence-electron chi connectivity index (χ3n) is 4.29. The lowest BCUT2D eigenvalue weighted by Crippen LogP contribution is -2.48. The Kier molecular flexibility index (Phi) is 7.53. The Morgan fingerprint density at radius 3 is 2.08 bits per heavy atom. The van der Waals surface area contributed by atoms with Gasteiger partial charge < -0.3 is 5.32 Å². The Labute approximate surface area is 157 Å². The van der Waals surface area contributed by atoms with Gasteiger partial charge in [0.15, 0.2) is 5.69 Å². The van der Waals surface area contributed by atoms with E-state index in [0.29, 0.717) is 18.6 Å². The molecule has 1 heterocycles. The fraction of sp³-hybridized carbons (Fsp3) is 0.765. The van der Waals surface area contributed by atoms with Gasteiger partial charge in [-0.25, -0.2) is 0 Å². The molecule has 0 bridgehead atoms. The quantitative estimate of drug-likeness (QED) is 0.756. The highest BCUT2D eigenvalue weighted by Crippen LogP contribution is 2.36. The number of nitrogens with zero attached hydrogens (tertiary/aromatic N) is 3. The molecule has 0 fully saturated rings. The van der Waals surface area contributed by atoms with Crippen LogP contribution in [-0.2, 0) is 11.0 Å². The predicted molar refractivity (Wildman–Crippen MR) is 96.3 cm³/mol. The highest BCUT2D eigenvalue weighted by molar-refractivity contribution is 6.32. The van der Waals surface area contributed by atoms with Crippen LogP contribution in [0.15, 0.2) is 0 Å². The molecule has 1 N–H and O–H groups in total. The number of carbonyl (C=O) groups excluding carboxylic acids is 1. The largest absolute Gasteiger partial charge is 0.436 e. The van der Waals surface area contributed by atoms with E-state index in [2.05, 4.69) is 43.0 Å². The summed E-state index contributed by atoms with van der Waals surface area (Å²) in [4.78, 5) is 14.7. The van der Waals surface area contributed by atoms with E-state index in [1.165, 1.54) is 13.8 Å². The number of nitrogens with one attached hydrogen (secondary N) is 1. The van der Waals surface area contributed by atoms with E-state index >= 15 is 0 Å². The second-order valence-corrected chi connectivity index (χ2v) is 7.54. The Morgan fingerprint density at radius 1 is 1.19 bits per heavy atom. The van der Waals surface area contributed by atoms with Crippen molar-refractivity contribution < 1.29 is 18.0 Å². The summed E-state index contributed by atoms with van der Waals surface area (Å²) in [6.07, 6.45) is -4.66. The van der Waals surface area contributed by atoms with E-state index < -0.39 is 28.8 Å². The van der Waals surface area contributed by atoms with Crippen LogP contribution in [0.4, 0.5) is 13.2 Å². The van der Waals surface area contributed by atoms with Gasteiger partial charge in [-0.05, 0) is 48.5 Å². The minimum Gasteiger partial charge on any atom is -0.351 e. The summed E-state index contributed by atoms with van der Waals surface area (Å²) in [6.45, 7) is 13.7. The number of aromatic nitrogens is 2. The Balaban J connectivity index is 2.88. The summed E-state index contributed by atoms with van der Waals surface area (Å²) >= 11 is 5.75. The van der Waals surface area contributed by atoms with Crippen LogP contribution in [0, 0.1) is 6.92 Å². The van der Waals surface area contributed by atoms with Gasteiger partial charge in [-0.3, -0.25) is 14.4 Å². The Morgan fingerprint density at radius 2 is 1.69 bits per heavy atom. The van der Waals surface area contributed by atoms with Gasteiger partial charge >= 0.3 is 6.18 Å². The van der Waals surface area contributed by atoms with Crippen molar-refractivity contribution in [3.63, 3.8) is 0 Å². The zero-order valence-electron chi connectivity index (χ0n) is 16.3. The standard InChI is InChI=1S/C17H28ClF3N4O/c1-9(2)24(10(3)4)8-11(5)22-16(26)13(7)25-12(6)14(18)15(23-25)17(19,20)21/h9-11,13H,8H2,1-7H3,(H,22,26)/t11-,13+/m1/s1. The second kappa shape index (κ2) is 8.61. The maximum atomic E-state index is 12.9. The molecule has 0 spiro atoms. The van der Waals surface area contributed by atoms with E-state index in [9.17, 15) is 18.0 Å². The predicted octanol–water partition coefficient (Wildman–Crippen LogP) is 4.05. The maximum absolute atomic E-state index is 12.9. The lowest BCUT2D eigenvalue weighted by atomic mass is 10.2.